The fraction of sp³-hybridized carbons (Fsp3) is 0.818. The highest BCUT2D eigenvalue weighted by molar-refractivity contribution is 7.06. The van der Waals surface area contributed by atoms with Crippen molar-refractivity contribution >= 4 is 19.2 Å². The summed E-state index contributed by atoms with van der Waals surface area (Å²) < 4.78 is 0. The first-order valence-electron chi connectivity index (χ1n) is 5.52. The molecule has 0 rings (SSSR count). The van der Waals surface area contributed by atoms with Gasteiger partial charge >= 0.3 is 0 Å². The Bertz CT molecular complexity index is 113. The van der Waals surface area contributed by atoms with E-state index >= 15 is 0 Å². The zero-order valence-corrected chi connectivity index (χ0v) is 10.8. The Kier molecular flexibility index (Phi) is 10.5. The summed E-state index contributed by atoms with van der Waals surface area (Å²) in [7, 11) is -0.782. The Balaban J connectivity index is 2.87. The molecule has 0 N–H and O–H groups in total. The lowest BCUT2D eigenvalue weighted by molar-refractivity contribution is 0.611. The minimum absolute atomic E-state index is 0.782. The first-order valence-corrected chi connectivity index (χ1v) is 9.24. The number of hydrogen-bond donors (Lipinski definition) is 0. The van der Waals surface area contributed by atoms with Crippen molar-refractivity contribution in [2.45, 2.75) is 57.5 Å². The lowest BCUT2D eigenvalue weighted by Crippen LogP contribution is -1.94. The van der Waals surface area contributed by atoms with Gasteiger partial charge in [0.2, 0.25) is 0 Å². The summed E-state index contributed by atoms with van der Waals surface area (Å²) in [4.78, 5) is 0. The summed E-state index contributed by atoms with van der Waals surface area (Å²) in [5, 5.41) is 0. The molecule has 1 unspecified atom stereocenters. The molecule has 0 aliphatic carbocycles. The molecule has 0 saturated carbocycles. The second-order valence-corrected chi connectivity index (χ2v) is 8.14. The van der Waals surface area contributed by atoms with E-state index in [0.29, 0.717) is 0 Å². The molecule has 0 bridgehead atoms. The van der Waals surface area contributed by atoms with Crippen molar-refractivity contribution in [3.05, 3.63) is 12.7 Å². The highest BCUT2D eigenvalue weighted by Crippen LogP contribution is 2.11. The number of rotatable bonds is 9. The summed E-state index contributed by atoms with van der Waals surface area (Å²) in [5.41, 5.74) is 0. The summed E-state index contributed by atoms with van der Waals surface area (Å²) in [6, 6.07) is 1.31. The average molecular weight is 219 g/mol. The van der Waals surface area contributed by atoms with Gasteiger partial charge in [0.05, 0.1) is 0 Å². The number of hydrogen-bond acceptors (Lipinski definition) is 0. The molecule has 2 heteroatoms. The number of allylic oxidation sites excluding steroid dienone is 1. The SMILES string of the molecule is C=CCCCCCCCC[SiH](C)Cl. The second kappa shape index (κ2) is 10.3. The van der Waals surface area contributed by atoms with Crippen LogP contribution in [0.3, 0.4) is 0 Å². The molecule has 78 valence electrons. The van der Waals surface area contributed by atoms with Crippen molar-refractivity contribution < 1.29 is 0 Å². The molecular weight excluding hydrogens is 196 g/mol. The molecular formula is C11H23ClSi. The Morgan fingerprint density at radius 1 is 1.08 bits per heavy atom. The topological polar surface area (TPSA) is 0 Å². The maximum absolute atomic E-state index is 5.99. The third-order valence-electron chi connectivity index (χ3n) is 2.26. The molecule has 1 atom stereocenters. The fourth-order valence-electron chi connectivity index (χ4n) is 1.42. The monoisotopic (exact) mass is 218 g/mol. The van der Waals surface area contributed by atoms with Crippen LogP contribution in [0.2, 0.25) is 12.6 Å². The predicted molar refractivity (Wildman–Crippen MR) is 66.2 cm³/mol. The van der Waals surface area contributed by atoms with Crippen molar-refractivity contribution in [3.8, 4) is 0 Å². The third kappa shape index (κ3) is 12.2. The highest BCUT2D eigenvalue weighted by atomic mass is 35.6. The van der Waals surface area contributed by atoms with Crippen molar-refractivity contribution in [2.75, 3.05) is 0 Å². The Hall–Kier alpha value is 0.247. The first-order chi connectivity index (χ1) is 6.27. The zero-order valence-electron chi connectivity index (χ0n) is 8.90. The van der Waals surface area contributed by atoms with Gasteiger partial charge in [-0.2, -0.15) is 11.1 Å². The second-order valence-electron chi connectivity index (χ2n) is 3.77. The first kappa shape index (κ1) is 13.2. The van der Waals surface area contributed by atoms with Crippen molar-refractivity contribution in [2.24, 2.45) is 0 Å². The van der Waals surface area contributed by atoms with Gasteiger partial charge in [-0.1, -0.05) is 44.7 Å². The van der Waals surface area contributed by atoms with Crippen LogP contribution in [0, 0.1) is 0 Å². The minimum atomic E-state index is -0.782. The van der Waals surface area contributed by atoms with Gasteiger partial charge in [0.15, 0.2) is 0 Å². The van der Waals surface area contributed by atoms with E-state index in [1.807, 2.05) is 6.08 Å². The van der Waals surface area contributed by atoms with Gasteiger partial charge in [-0.15, -0.1) is 6.58 Å². The molecule has 0 radical (unpaired) electrons. The molecule has 0 aromatic heterocycles. The molecule has 13 heavy (non-hydrogen) atoms. The maximum Gasteiger partial charge on any atom is 0.138 e. The Morgan fingerprint density at radius 3 is 2.15 bits per heavy atom. The smallest absolute Gasteiger partial charge is 0.138 e. The normalized spacial score (nSPS) is 12.8. The summed E-state index contributed by atoms with van der Waals surface area (Å²) >= 11 is 5.99. The standard InChI is InChI=1S/C11H23ClSi/c1-3-4-5-6-7-8-9-10-11-13(2)12/h3,13H,1,4-11H2,2H3. The molecule has 0 nitrogen and oxygen atoms in total. The quantitative estimate of drug-likeness (QED) is 0.232. The lowest BCUT2D eigenvalue weighted by atomic mass is 10.1. The predicted octanol–water partition coefficient (Wildman–Crippen LogP) is 4.50. The van der Waals surface area contributed by atoms with E-state index in [4.69, 9.17) is 11.1 Å². The average Bonchev–Trinajstić information content (AvgIpc) is 2.09. The van der Waals surface area contributed by atoms with Crippen LogP contribution in [-0.4, -0.2) is 8.11 Å². The van der Waals surface area contributed by atoms with Crippen LogP contribution in [0.1, 0.15) is 44.9 Å². The van der Waals surface area contributed by atoms with E-state index in [1.165, 1.54) is 51.0 Å². The van der Waals surface area contributed by atoms with Crippen molar-refractivity contribution in [1.29, 1.82) is 0 Å². The van der Waals surface area contributed by atoms with Crippen LogP contribution < -0.4 is 0 Å². The van der Waals surface area contributed by atoms with Gasteiger partial charge in [-0.25, -0.2) is 0 Å². The van der Waals surface area contributed by atoms with Crippen LogP contribution >= 0.6 is 11.1 Å². The molecule has 0 aliphatic rings. The van der Waals surface area contributed by atoms with Gasteiger partial charge in [-0.3, -0.25) is 0 Å². The molecule has 0 aromatic carbocycles. The van der Waals surface area contributed by atoms with Gasteiger partial charge in [0.1, 0.15) is 8.11 Å². The zero-order chi connectivity index (χ0) is 9.94. The molecule has 0 spiro atoms. The Labute approximate surface area is 89.7 Å². The van der Waals surface area contributed by atoms with E-state index in [2.05, 4.69) is 13.1 Å². The molecule has 0 aromatic rings. The summed E-state index contributed by atoms with van der Waals surface area (Å²) in [6.07, 6.45) is 11.4. The van der Waals surface area contributed by atoms with Crippen LogP contribution in [0.15, 0.2) is 12.7 Å². The van der Waals surface area contributed by atoms with E-state index < -0.39 is 8.11 Å². The van der Waals surface area contributed by atoms with Gasteiger partial charge in [0, 0.05) is 0 Å². The van der Waals surface area contributed by atoms with Crippen LogP contribution in [-0.2, 0) is 0 Å². The van der Waals surface area contributed by atoms with Crippen LogP contribution in [0.25, 0.3) is 0 Å². The highest BCUT2D eigenvalue weighted by Gasteiger charge is 1.97. The summed E-state index contributed by atoms with van der Waals surface area (Å²) in [5.74, 6) is 0. The van der Waals surface area contributed by atoms with E-state index in [9.17, 15) is 0 Å². The van der Waals surface area contributed by atoms with E-state index in [0.717, 1.165) is 0 Å². The van der Waals surface area contributed by atoms with E-state index in [-0.39, 0.29) is 0 Å². The number of halogens is 1. The largest absolute Gasteiger partial charge is 0.172 e. The molecule has 0 saturated heterocycles. The fourth-order valence-corrected chi connectivity index (χ4v) is 2.74. The molecule has 0 fully saturated rings. The van der Waals surface area contributed by atoms with Gasteiger partial charge < -0.3 is 0 Å². The van der Waals surface area contributed by atoms with Crippen molar-refractivity contribution in [1.82, 2.24) is 0 Å². The molecule has 0 heterocycles. The summed E-state index contributed by atoms with van der Waals surface area (Å²) in [6.45, 7) is 5.93. The minimum Gasteiger partial charge on any atom is -0.172 e. The number of unbranched alkanes of at least 4 members (excludes halogenated alkanes) is 6. The van der Waals surface area contributed by atoms with Gasteiger partial charge in [0.25, 0.3) is 0 Å². The van der Waals surface area contributed by atoms with Crippen molar-refractivity contribution in [3.63, 3.8) is 0 Å². The third-order valence-corrected chi connectivity index (χ3v) is 4.12. The maximum atomic E-state index is 5.99. The van der Waals surface area contributed by atoms with Crippen LogP contribution in [0.4, 0.5) is 0 Å². The molecule has 0 aliphatic heterocycles. The molecule has 0 amide bonds. The lowest BCUT2D eigenvalue weighted by Gasteiger charge is -2.01. The van der Waals surface area contributed by atoms with Crippen LogP contribution in [0.5, 0.6) is 0 Å². The van der Waals surface area contributed by atoms with Gasteiger partial charge in [-0.05, 0) is 18.9 Å². The Morgan fingerprint density at radius 2 is 1.62 bits per heavy atom. The van der Waals surface area contributed by atoms with E-state index in [1.54, 1.807) is 0 Å².